The lowest BCUT2D eigenvalue weighted by Gasteiger charge is -2.24. The molecule has 1 aliphatic rings. The number of hydrogen-bond acceptors (Lipinski definition) is 8. The Bertz CT molecular complexity index is 870. The van der Waals surface area contributed by atoms with E-state index in [0.29, 0.717) is 30.3 Å². The molecule has 0 bridgehead atoms. The van der Waals surface area contributed by atoms with Crippen LogP contribution in [-0.2, 0) is 18.0 Å². The number of aliphatic hydroxyl groups excluding tert-OH is 2. The summed E-state index contributed by atoms with van der Waals surface area (Å²) in [5, 5.41) is 17.8. The molecule has 1 amide bonds. The highest BCUT2D eigenvalue weighted by Crippen LogP contribution is 2.20. The second kappa shape index (κ2) is 10.2. The van der Waals surface area contributed by atoms with Crippen LogP contribution in [0, 0.1) is 0 Å². The first-order valence-corrected chi connectivity index (χ1v) is 9.28. The van der Waals surface area contributed by atoms with Gasteiger partial charge in [0, 0.05) is 24.5 Å². The summed E-state index contributed by atoms with van der Waals surface area (Å²) in [5.41, 5.74) is 1.46. The summed E-state index contributed by atoms with van der Waals surface area (Å²) in [6.07, 6.45) is 4.66. The molecule has 1 aliphatic heterocycles. The first-order valence-electron chi connectivity index (χ1n) is 8.90. The summed E-state index contributed by atoms with van der Waals surface area (Å²) in [4.78, 5) is 29.3. The SMILES string of the molecule is CC(C)(C)OC(=O)N1CC=C(c2nccc(CO)n2)C1.OCc1ccnc(Cl)n1. The monoisotopic (exact) mass is 421 g/mol. The van der Waals surface area contributed by atoms with Crippen molar-refractivity contribution in [2.24, 2.45) is 0 Å². The summed E-state index contributed by atoms with van der Waals surface area (Å²) in [6, 6.07) is 3.26. The Kier molecular flexibility index (Phi) is 8.00. The minimum atomic E-state index is -0.507. The summed E-state index contributed by atoms with van der Waals surface area (Å²) in [7, 11) is 0. The Morgan fingerprint density at radius 3 is 2.31 bits per heavy atom. The van der Waals surface area contributed by atoms with Crippen molar-refractivity contribution >= 4 is 23.3 Å². The van der Waals surface area contributed by atoms with E-state index in [1.165, 1.54) is 6.20 Å². The summed E-state index contributed by atoms with van der Waals surface area (Å²) in [5.74, 6) is 0.544. The number of nitrogens with zero attached hydrogens (tertiary/aromatic N) is 5. The lowest BCUT2D eigenvalue weighted by atomic mass is 10.2. The van der Waals surface area contributed by atoms with Crippen LogP contribution in [0.4, 0.5) is 4.79 Å². The average Bonchev–Trinajstić information content (AvgIpc) is 3.18. The maximum absolute atomic E-state index is 12.0. The van der Waals surface area contributed by atoms with E-state index in [1.54, 1.807) is 23.2 Å². The Balaban J connectivity index is 0.000000278. The van der Waals surface area contributed by atoms with Crippen LogP contribution in [-0.4, -0.2) is 59.8 Å². The van der Waals surface area contributed by atoms with Gasteiger partial charge in [0.25, 0.3) is 0 Å². The number of rotatable bonds is 3. The van der Waals surface area contributed by atoms with Gasteiger partial charge in [-0.3, -0.25) is 0 Å². The van der Waals surface area contributed by atoms with E-state index in [0.717, 1.165) is 5.57 Å². The Morgan fingerprint density at radius 1 is 1.14 bits per heavy atom. The van der Waals surface area contributed by atoms with E-state index < -0.39 is 5.60 Å². The van der Waals surface area contributed by atoms with Crippen molar-refractivity contribution in [2.45, 2.75) is 39.6 Å². The van der Waals surface area contributed by atoms with Crippen molar-refractivity contribution < 1.29 is 19.7 Å². The summed E-state index contributed by atoms with van der Waals surface area (Å²) in [6.45, 7) is 6.19. The molecule has 0 spiro atoms. The molecule has 0 saturated heterocycles. The third-order valence-corrected chi connectivity index (χ3v) is 3.76. The first-order chi connectivity index (χ1) is 13.7. The van der Waals surface area contributed by atoms with Gasteiger partial charge in [-0.15, -0.1) is 0 Å². The van der Waals surface area contributed by atoms with E-state index in [2.05, 4.69) is 19.9 Å². The van der Waals surface area contributed by atoms with Crippen molar-refractivity contribution in [1.29, 1.82) is 0 Å². The van der Waals surface area contributed by atoms with Crippen molar-refractivity contribution in [2.75, 3.05) is 13.1 Å². The molecule has 2 N–H and O–H groups in total. The van der Waals surface area contributed by atoms with Crippen LogP contribution in [0.25, 0.3) is 5.57 Å². The summed E-state index contributed by atoms with van der Waals surface area (Å²) < 4.78 is 5.32. The molecular formula is C19H24ClN5O4. The number of aromatic nitrogens is 4. The van der Waals surface area contributed by atoms with Gasteiger partial charge in [0.1, 0.15) is 5.60 Å². The predicted octanol–water partition coefficient (Wildman–Crippen LogP) is 2.23. The predicted molar refractivity (Wildman–Crippen MR) is 107 cm³/mol. The highest BCUT2D eigenvalue weighted by atomic mass is 35.5. The highest BCUT2D eigenvalue weighted by molar-refractivity contribution is 6.28. The van der Waals surface area contributed by atoms with Crippen molar-refractivity contribution in [3.8, 4) is 0 Å². The molecular weight excluding hydrogens is 398 g/mol. The number of ether oxygens (including phenoxy) is 1. The van der Waals surface area contributed by atoms with Crippen molar-refractivity contribution in [1.82, 2.24) is 24.8 Å². The second-order valence-electron chi connectivity index (χ2n) is 7.10. The second-order valence-corrected chi connectivity index (χ2v) is 7.43. The normalized spacial score (nSPS) is 13.4. The molecule has 0 unspecified atom stereocenters. The van der Waals surface area contributed by atoms with Gasteiger partial charge in [0.15, 0.2) is 5.82 Å². The fraction of sp³-hybridized carbons (Fsp3) is 0.421. The third kappa shape index (κ3) is 7.37. The zero-order chi connectivity index (χ0) is 21.4. The first kappa shape index (κ1) is 22.7. The van der Waals surface area contributed by atoms with Crippen LogP contribution >= 0.6 is 11.6 Å². The quantitative estimate of drug-likeness (QED) is 0.723. The van der Waals surface area contributed by atoms with Gasteiger partial charge in [-0.1, -0.05) is 6.08 Å². The van der Waals surface area contributed by atoms with Gasteiger partial charge in [-0.2, -0.15) is 0 Å². The Labute approximate surface area is 174 Å². The average molecular weight is 422 g/mol. The molecule has 0 aliphatic carbocycles. The van der Waals surface area contributed by atoms with Crippen molar-refractivity contribution in [3.05, 3.63) is 53.1 Å². The van der Waals surface area contributed by atoms with E-state index in [-0.39, 0.29) is 24.6 Å². The van der Waals surface area contributed by atoms with Crippen LogP contribution in [0.1, 0.15) is 38.0 Å². The van der Waals surface area contributed by atoms with Crippen molar-refractivity contribution in [3.63, 3.8) is 0 Å². The molecule has 156 valence electrons. The fourth-order valence-corrected chi connectivity index (χ4v) is 2.44. The number of hydrogen-bond donors (Lipinski definition) is 2. The van der Waals surface area contributed by atoms with Crippen LogP contribution in [0.3, 0.4) is 0 Å². The van der Waals surface area contributed by atoms with Gasteiger partial charge in [0.05, 0.1) is 31.1 Å². The van der Waals surface area contributed by atoms with Gasteiger partial charge < -0.3 is 19.8 Å². The van der Waals surface area contributed by atoms with Crippen LogP contribution < -0.4 is 0 Å². The molecule has 0 fully saturated rings. The van der Waals surface area contributed by atoms with E-state index in [1.807, 2.05) is 26.8 Å². The van der Waals surface area contributed by atoms with E-state index >= 15 is 0 Å². The fourth-order valence-electron chi connectivity index (χ4n) is 2.28. The number of carbonyl (C=O) groups excluding carboxylic acids is 1. The zero-order valence-corrected chi connectivity index (χ0v) is 17.3. The molecule has 3 heterocycles. The zero-order valence-electron chi connectivity index (χ0n) is 16.5. The van der Waals surface area contributed by atoms with Gasteiger partial charge >= 0.3 is 6.09 Å². The maximum Gasteiger partial charge on any atom is 0.410 e. The maximum atomic E-state index is 12.0. The molecule has 10 heteroatoms. The lowest BCUT2D eigenvalue weighted by Crippen LogP contribution is -2.35. The third-order valence-electron chi connectivity index (χ3n) is 3.58. The van der Waals surface area contributed by atoms with E-state index in [4.69, 9.17) is 26.6 Å². The largest absolute Gasteiger partial charge is 0.444 e. The van der Waals surface area contributed by atoms with E-state index in [9.17, 15) is 4.79 Å². The lowest BCUT2D eigenvalue weighted by molar-refractivity contribution is 0.0306. The Hall–Kier alpha value is -2.62. The molecule has 2 aromatic rings. The number of carbonyl (C=O) groups is 1. The van der Waals surface area contributed by atoms with Crippen LogP contribution in [0.2, 0.25) is 5.28 Å². The molecule has 0 saturated carbocycles. The minimum absolute atomic E-state index is 0.0950. The van der Waals surface area contributed by atoms with Gasteiger partial charge in [0.2, 0.25) is 5.28 Å². The minimum Gasteiger partial charge on any atom is -0.444 e. The van der Waals surface area contributed by atoms with Gasteiger partial charge in [-0.25, -0.2) is 24.7 Å². The molecule has 3 rings (SSSR count). The van der Waals surface area contributed by atoms with Gasteiger partial charge in [-0.05, 0) is 44.5 Å². The Morgan fingerprint density at radius 2 is 1.76 bits per heavy atom. The smallest absolute Gasteiger partial charge is 0.410 e. The standard InChI is InChI=1S/C14H19N3O3.C5H5ClN2O/c1-14(2,3)20-13(19)17-7-5-10(8-17)12-15-6-4-11(9-18)16-12;6-5-7-2-1-4(3-9)8-5/h4-6,18H,7-9H2,1-3H3;1-2,9H,3H2. The number of aliphatic hydroxyl groups is 2. The number of amides is 1. The highest BCUT2D eigenvalue weighted by Gasteiger charge is 2.26. The molecule has 29 heavy (non-hydrogen) atoms. The summed E-state index contributed by atoms with van der Waals surface area (Å²) >= 11 is 5.39. The topological polar surface area (TPSA) is 122 Å². The molecule has 2 aromatic heterocycles. The molecule has 0 aromatic carbocycles. The molecule has 9 nitrogen and oxygen atoms in total. The van der Waals surface area contributed by atoms with Crippen LogP contribution in [0.5, 0.6) is 0 Å². The van der Waals surface area contributed by atoms with Crippen LogP contribution in [0.15, 0.2) is 30.6 Å². The molecule has 0 atom stereocenters. The molecule has 0 radical (unpaired) electrons. The number of halogens is 1.